The maximum absolute atomic E-state index is 12.0. The van der Waals surface area contributed by atoms with E-state index in [0.717, 1.165) is 12.1 Å². The molecule has 0 aromatic heterocycles. The first-order valence-corrected chi connectivity index (χ1v) is 6.71. The Morgan fingerprint density at radius 1 is 1.39 bits per heavy atom. The molecule has 1 aromatic carbocycles. The number of alkyl halides is 3. The van der Waals surface area contributed by atoms with E-state index in [0.29, 0.717) is 10.0 Å². The van der Waals surface area contributed by atoms with Crippen LogP contribution in [0.3, 0.4) is 0 Å². The van der Waals surface area contributed by atoms with Gasteiger partial charge in [-0.05, 0) is 24.6 Å². The van der Waals surface area contributed by atoms with Gasteiger partial charge in [-0.15, -0.1) is 0 Å². The Bertz CT molecular complexity index is 554. The number of rotatable bonds is 3. The third-order valence-corrected chi connectivity index (χ3v) is 3.62. The van der Waals surface area contributed by atoms with Crippen LogP contribution in [0.25, 0.3) is 0 Å². The second kappa shape index (κ2) is 5.06. The lowest BCUT2D eigenvalue weighted by molar-refractivity contribution is -0.153. The first-order chi connectivity index (χ1) is 8.00. The summed E-state index contributed by atoms with van der Waals surface area (Å²) in [4.78, 5) is -0.718. The van der Waals surface area contributed by atoms with Crippen LogP contribution in [-0.2, 0) is 10.1 Å². The molecule has 0 heterocycles. The Balaban J connectivity index is 3.21. The zero-order chi connectivity index (χ0) is 14.1. The summed E-state index contributed by atoms with van der Waals surface area (Å²) in [5, 5.41) is 0. The van der Waals surface area contributed by atoms with Gasteiger partial charge in [0.1, 0.15) is 10.6 Å². The normalized spacial score (nSPS) is 12.6. The van der Waals surface area contributed by atoms with Gasteiger partial charge in [-0.25, -0.2) is 0 Å². The maximum atomic E-state index is 12.0. The third kappa shape index (κ3) is 4.14. The highest BCUT2D eigenvalue weighted by Crippen LogP contribution is 2.31. The third-order valence-electron chi connectivity index (χ3n) is 1.89. The SMILES string of the molecule is Cc1cc(OCC(F)(F)F)c(S(=O)(=O)O)cc1Br. The summed E-state index contributed by atoms with van der Waals surface area (Å²) in [6.45, 7) is -0.102. The molecule has 0 spiro atoms. The summed E-state index contributed by atoms with van der Waals surface area (Å²) in [6.07, 6.45) is -4.60. The molecular weight excluding hydrogens is 341 g/mol. The highest BCUT2D eigenvalue weighted by atomic mass is 79.9. The Kier molecular flexibility index (Phi) is 4.29. The summed E-state index contributed by atoms with van der Waals surface area (Å²) in [5.74, 6) is -0.546. The summed E-state index contributed by atoms with van der Waals surface area (Å²) in [7, 11) is -4.66. The topological polar surface area (TPSA) is 63.6 Å². The monoisotopic (exact) mass is 348 g/mol. The fourth-order valence-corrected chi connectivity index (χ4v) is 2.24. The predicted molar refractivity (Wildman–Crippen MR) is 60.2 cm³/mol. The zero-order valence-corrected chi connectivity index (χ0v) is 11.4. The molecule has 0 saturated carbocycles. The second-order valence-electron chi connectivity index (χ2n) is 3.43. The Hall–Kier alpha value is -0.800. The van der Waals surface area contributed by atoms with Crippen molar-refractivity contribution in [2.75, 3.05) is 6.61 Å². The van der Waals surface area contributed by atoms with Crippen molar-refractivity contribution in [1.82, 2.24) is 0 Å². The average molecular weight is 349 g/mol. The van der Waals surface area contributed by atoms with Crippen molar-refractivity contribution in [3.05, 3.63) is 22.2 Å². The van der Waals surface area contributed by atoms with E-state index < -0.39 is 33.5 Å². The van der Waals surface area contributed by atoms with Gasteiger partial charge in [0.25, 0.3) is 10.1 Å². The number of benzene rings is 1. The van der Waals surface area contributed by atoms with Gasteiger partial charge in [-0.3, -0.25) is 4.55 Å². The Morgan fingerprint density at radius 2 is 1.94 bits per heavy atom. The van der Waals surface area contributed by atoms with Crippen LogP contribution in [-0.4, -0.2) is 25.8 Å². The van der Waals surface area contributed by atoms with E-state index in [1.165, 1.54) is 6.92 Å². The van der Waals surface area contributed by atoms with E-state index in [4.69, 9.17) is 4.55 Å². The molecule has 0 radical (unpaired) electrons. The van der Waals surface area contributed by atoms with E-state index in [9.17, 15) is 21.6 Å². The second-order valence-corrected chi connectivity index (χ2v) is 5.67. The van der Waals surface area contributed by atoms with Crippen LogP contribution < -0.4 is 4.74 Å². The molecule has 1 aromatic rings. The maximum Gasteiger partial charge on any atom is 0.422 e. The number of hydrogen-bond donors (Lipinski definition) is 1. The van der Waals surface area contributed by atoms with Gasteiger partial charge in [0, 0.05) is 4.47 Å². The van der Waals surface area contributed by atoms with E-state index >= 15 is 0 Å². The highest BCUT2D eigenvalue weighted by molar-refractivity contribution is 9.10. The number of aryl methyl sites for hydroxylation is 1. The highest BCUT2D eigenvalue weighted by Gasteiger charge is 2.30. The van der Waals surface area contributed by atoms with Crippen LogP contribution >= 0.6 is 15.9 Å². The quantitative estimate of drug-likeness (QED) is 0.853. The molecule has 102 valence electrons. The standard InChI is InChI=1S/C9H8BrF3O4S/c1-5-2-7(17-4-9(11,12)13)8(3-6(5)10)18(14,15)16/h2-3H,4H2,1H3,(H,14,15,16). The molecule has 0 aliphatic carbocycles. The summed E-state index contributed by atoms with van der Waals surface area (Å²) in [6, 6.07) is 2.08. The molecule has 0 saturated heterocycles. The molecule has 0 unspecified atom stereocenters. The predicted octanol–water partition coefficient (Wildman–Crippen LogP) is 2.95. The molecule has 0 aliphatic heterocycles. The first-order valence-electron chi connectivity index (χ1n) is 4.48. The van der Waals surface area contributed by atoms with Crippen LogP contribution in [0.1, 0.15) is 5.56 Å². The summed E-state index contributed by atoms with van der Waals surface area (Å²) < 4.78 is 71.7. The van der Waals surface area contributed by atoms with Gasteiger partial charge in [0.15, 0.2) is 6.61 Å². The molecule has 0 amide bonds. The van der Waals surface area contributed by atoms with Crippen molar-refractivity contribution in [2.45, 2.75) is 18.0 Å². The van der Waals surface area contributed by atoms with Crippen LogP contribution in [0.4, 0.5) is 13.2 Å². The van der Waals surface area contributed by atoms with Crippen molar-refractivity contribution in [3.8, 4) is 5.75 Å². The number of ether oxygens (including phenoxy) is 1. The van der Waals surface area contributed by atoms with Gasteiger partial charge in [-0.1, -0.05) is 15.9 Å². The lowest BCUT2D eigenvalue weighted by atomic mass is 10.2. The molecule has 0 atom stereocenters. The molecule has 0 bridgehead atoms. The fraction of sp³-hybridized carbons (Fsp3) is 0.333. The van der Waals surface area contributed by atoms with Crippen molar-refractivity contribution in [3.63, 3.8) is 0 Å². The molecule has 4 nitrogen and oxygen atoms in total. The van der Waals surface area contributed by atoms with Gasteiger partial charge in [-0.2, -0.15) is 21.6 Å². The van der Waals surface area contributed by atoms with Crippen molar-refractivity contribution < 1.29 is 30.9 Å². The first kappa shape index (κ1) is 15.3. The van der Waals surface area contributed by atoms with Gasteiger partial charge in [0.2, 0.25) is 0 Å². The molecule has 1 N–H and O–H groups in total. The molecule has 9 heteroatoms. The van der Waals surface area contributed by atoms with Crippen molar-refractivity contribution >= 4 is 26.0 Å². The lowest BCUT2D eigenvalue weighted by Crippen LogP contribution is -2.20. The van der Waals surface area contributed by atoms with Gasteiger partial charge < -0.3 is 4.74 Å². The van der Waals surface area contributed by atoms with E-state index in [2.05, 4.69) is 20.7 Å². The summed E-state index contributed by atoms with van der Waals surface area (Å²) in [5.41, 5.74) is 0.472. The molecule has 18 heavy (non-hydrogen) atoms. The van der Waals surface area contributed by atoms with Gasteiger partial charge >= 0.3 is 6.18 Å². The van der Waals surface area contributed by atoms with Crippen molar-refractivity contribution in [1.29, 1.82) is 0 Å². The van der Waals surface area contributed by atoms with Crippen LogP contribution in [0.15, 0.2) is 21.5 Å². The van der Waals surface area contributed by atoms with E-state index in [1.807, 2.05) is 0 Å². The van der Waals surface area contributed by atoms with Crippen LogP contribution in [0.5, 0.6) is 5.75 Å². The number of hydrogen-bond acceptors (Lipinski definition) is 3. The Labute approximate surface area is 110 Å². The minimum absolute atomic E-state index is 0.328. The molecule has 0 aliphatic rings. The molecule has 0 fully saturated rings. The van der Waals surface area contributed by atoms with Crippen LogP contribution in [0.2, 0.25) is 0 Å². The number of halogens is 4. The van der Waals surface area contributed by atoms with E-state index in [1.54, 1.807) is 0 Å². The smallest absolute Gasteiger partial charge is 0.422 e. The van der Waals surface area contributed by atoms with Crippen molar-refractivity contribution in [2.24, 2.45) is 0 Å². The molecule has 1 rings (SSSR count). The zero-order valence-electron chi connectivity index (χ0n) is 8.95. The van der Waals surface area contributed by atoms with Gasteiger partial charge in [0.05, 0.1) is 0 Å². The largest absolute Gasteiger partial charge is 0.483 e. The average Bonchev–Trinajstić information content (AvgIpc) is 2.16. The molecular formula is C9H8BrF3O4S. The minimum Gasteiger partial charge on any atom is -0.483 e. The van der Waals surface area contributed by atoms with E-state index in [-0.39, 0.29) is 0 Å². The fourth-order valence-electron chi connectivity index (χ4n) is 1.11. The lowest BCUT2D eigenvalue weighted by Gasteiger charge is -2.13. The van der Waals surface area contributed by atoms with Crippen LogP contribution in [0, 0.1) is 6.92 Å². The summed E-state index contributed by atoms with van der Waals surface area (Å²) >= 11 is 3.01. The Morgan fingerprint density at radius 3 is 2.39 bits per heavy atom. The minimum atomic E-state index is -4.66.